The van der Waals surface area contributed by atoms with Gasteiger partial charge in [-0.15, -0.1) is 0 Å². The fraction of sp³-hybridized carbons (Fsp3) is 0.455. The van der Waals surface area contributed by atoms with Gasteiger partial charge in [-0.3, -0.25) is 9.59 Å². The smallest absolute Gasteiger partial charge is 0.310 e. The van der Waals surface area contributed by atoms with Gasteiger partial charge < -0.3 is 24.2 Å². The van der Waals surface area contributed by atoms with Crippen molar-refractivity contribution in [3.05, 3.63) is 70.9 Å². The normalized spacial score (nSPS) is 17.1. The van der Waals surface area contributed by atoms with E-state index in [0.717, 1.165) is 72.6 Å². The third-order valence-corrected chi connectivity index (χ3v) is 9.15. The number of thioether (sulfide) groups is 1. The minimum Gasteiger partial charge on any atom is -0.497 e. The summed E-state index contributed by atoms with van der Waals surface area (Å²) in [6.07, 6.45) is 1.56. The number of carbonyl (C=O) groups excluding carboxylic acids is 2. The van der Waals surface area contributed by atoms with Crippen molar-refractivity contribution in [2.24, 2.45) is 5.92 Å². The second-order valence-electron chi connectivity index (χ2n) is 11.0. The Kier molecular flexibility index (Phi) is 10.1. The number of nitrogens with zero attached hydrogens (tertiary/aromatic N) is 5. The summed E-state index contributed by atoms with van der Waals surface area (Å²) in [6, 6.07) is 16.0. The molecule has 2 fully saturated rings. The van der Waals surface area contributed by atoms with Crippen LogP contribution in [0.1, 0.15) is 46.9 Å². The number of aromatic nitrogens is 2. The summed E-state index contributed by atoms with van der Waals surface area (Å²) in [7, 11) is 1.69. The molecule has 0 unspecified atom stereocenters. The Bertz CT molecular complexity index is 1430. The van der Waals surface area contributed by atoms with E-state index in [0.29, 0.717) is 31.0 Å². The molecule has 0 radical (unpaired) electrons. The minimum atomic E-state index is -0.252. The highest BCUT2D eigenvalue weighted by atomic mass is 32.2. The zero-order valence-electron chi connectivity index (χ0n) is 25.5. The number of esters is 1. The first kappa shape index (κ1) is 30.7. The van der Waals surface area contributed by atoms with Gasteiger partial charge in [-0.25, -0.2) is 9.97 Å². The van der Waals surface area contributed by atoms with Crippen molar-refractivity contribution in [1.82, 2.24) is 14.9 Å². The number of piperidine rings is 1. The quantitative estimate of drug-likeness (QED) is 0.188. The fourth-order valence-electron chi connectivity index (χ4n) is 5.67. The van der Waals surface area contributed by atoms with Crippen molar-refractivity contribution in [2.75, 3.05) is 62.8 Å². The van der Waals surface area contributed by atoms with Crippen LogP contribution in [0.2, 0.25) is 0 Å². The fourth-order valence-corrected chi connectivity index (χ4v) is 6.50. The number of amides is 1. The molecule has 1 amide bonds. The van der Waals surface area contributed by atoms with Gasteiger partial charge in [0.15, 0.2) is 5.16 Å². The number of ether oxygens (including phenoxy) is 2. The van der Waals surface area contributed by atoms with Crippen LogP contribution in [0.4, 0.5) is 11.5 Å². The molecule has 43 heavy (non-hydrogen) atoms. The van der Waals surface area contributed by atoms with E-state index in [9.17, 15) is 9.59 Å². The second-order valence-corrected chi connectivity index (χ2v) is 12.0. The summed E-state index contributed by atoms with van der Waals surface area (Å²) in [5.41, 5.74) is 4.96. The van der Waals surface area contributed by atoms with E-state index in [1.807, 2.05) is 50.2 Å². The maximum absolute atomic E-state index is 13.3. The van der Waals surface area contributed by atoms with E-state index in [1.54, 1.807) is 23.8 Å². The van der Waals surface area contributed by atoms with Gasteiger partial charge in [0, 0.05) is 67.5 Å². The summed E-state index contributed by atoms with van der Waals surface area (Å²) in [5.74, 6) is 2.01. The number of rotatable bonds is 9. The van der Waals surface area contributed by atoms with Gasteiger partial charge in [0.25, 0.3) is 5.91 Å². The lowest BCUT2D eigenvalue weighted by atomic mass is 9.97. The van der Waals surface area contributed by atoms with E-state index in [2.05, 4.69) is 28.9 Å². The van der Waals surface area contributed by atoms with E-state index < -0.39 is 0 Å². The Morgan fingerprint density at radius 1 is 0.977 bits per heavy atom. The van der Waals surface area contributed by atoms with Crippen LogP contribution >= 0.6 is 11.8 Å². The number of likely N-dealkylation sites (tertiary alicyclic amines) is 1. The third kappa shape index (κ3) is 7.41. The summed E-state index contributed by atoms with van der Waals surface area (Å²) >= 11 is 1.58. The summed E-state index contributed by atoms with van der Waals surface area (Å²) < 4.78 is 10.5. The highest BCUT2D eigenvalue weighted by Gasteiger charge is 2.30. The van der Waals surface area contributed by atoms with Crippen LogP contribution in [-0.2, 0) is 15.3 Å². The standard InChI is InChI=1S/C33H41N5O4S/c1-5-42-32(40)27-10-7-15-38(21-27)31(39)26-9-6-8-25(20-26)22-43-33-34-24(3)23(2)30(35-33)37-18-16-36(17-19-37)28-11-13-29(41-4)14-12-28/h6,8-9,11-14,20,27H,5,7,10,15-19,21-22H2,1-4H3/t27-/m1/s1. The van der Waals surface area contributed by atoms with E-state index in [4.69, 9.17) is 19.4 Å². The maximum Gasteiger partial charge on any atom is 0.310 e. The van der Waals surface area contributed by atoms with Crippen LogP contribution in [0.25, 0.3) is 0 Å². The molecule has 1 atom stereocenters. The lowest BCUT2D eigenvalue weighted by Gasteiger charge is -2.37. The number of carbonyl (C=O) groups is 2. The SMILES string of the molecule is CCOC(=O)[C@@H]1CCCN(C(=O)c2cccc(CSc3nc(C)c(C)c(N4CCN(c5ccc(OC)cc5)CC4)n3)c2)C1. The lowest BCUT2D eigenvalue weighted by molar-refractivity contribution is -0.149. The van der Waals surface area contributed by atoms with Gasteiger partial charge in [0.1, 0.15) is 11.6 Å². The first-order valence-electron chi connectivity index (χ1n) is 15.0. The molecule has 0 bridgehead atoms. The molecule has 0 aliphatic carbocycles. The van der Waals surface area contributed by atoms with Crippen molar-refractivity contribution < 1.29 is 19.1 Å². The van der Waals surface area contributed by atoms with E-state index in [-0.39, 0.29) is 17.8 Å². The molecule has 9 nitrogen and oxygen atoms in total. The number of anilines is 2. The number of piperazine rings is 1. The van der Waals surface area contributed by atoms with Crippen molar-refractivity contribution in [1.29, 1.82) is 0 Å². The van der Waals surface area contributed by atoms with Gasteiger partial charge in [-0.05, 0) is 75.6 Å². The topological polar surface area (TPSA) is 88.1 Å². The Morgan fingerprint density at radius 3 is 2.44 bits per heavy atom. The summed E-state index contributed by atoms with van der Waals surface area (Å²) in [6.45, 7) is 10.9. The van der Waals surface area contributed by atoms with E-state index >= 15 is 0 Å². The Morgan fingerprint density at radius 2 is 1.72 bits per heavy atom. The molecule has 2 saturated heterocycles. The molecule has 10 heteroatoms. The third-order valence-electron chi connectivity index (χ3n) is 8.23. The van der Waals surface area contributed by atoms with Crippen LogP contribution in [-0.4, -0.2) is 79.7 Å². The average Bonchev–Trinajstić information content (AvgIpc) is 3.05. The zero-order chi connectivity index (χ0) is 30.3. The van der Waals surface area contributed by atoms with Gasteiger partial charge in [0.2, 0.25) is 0 Å². The highest BCUT2D eigenvalue weighted by molar-refractivity contribution is 7.98. The van der Waals surface area contributed by atoms with E-state index in [1.165, 1.54) is 5.69 Å². The Balaban J connectivity index is 1.21. The Labute approximate surface area is 258 Å². The van der Waals surface area contributed by atoms with Crippen LogP contribution < -0.4 is 14.5 Å². The lowest BCUT2D eigenvalue weighted by Crippen LogP contribution is -2.47. The van der Waals surface area contributed by atoms with Gasteiger partial charge in [-0.1, -0.05) is 23.9 Å². The summed E-state index contributed by atoms with van der Waals surface area (Å²) in [5, 5.41) is 0.737. The first-order valence-corrected chi connectivity index (χ1v) is 16.0. The molecule has 5 rings (SSSR count). The molecule has 3 heterocycles. The zero-order valence-corrected chi connectivity index (χ0v) is 26.4. The highest BCUT2D eigenvalue weighted by Crippen LogP contribution is 2.29. The number of aryl methyl sites for hydroxylation is 1. The van der Waals surface area contributed by atoms with Gasteiger partial charge >= 0.3 is 5.97 Å². The van der Waals surface area contributed by atoms with Crippen molar-refractivity contribution in [3.63, 3.8) is 0 Å². The van der Waals surface area contributed by atoms with Crippen molar-refractivity contribution >= 4 is 35.1 Å². The first-order chi connectivity index (χ1) is 20.9. The molecule has 1 aromatic heterocycles. The maximum atomic E-state index is 13.3. The molecule has 228 valence electrons. The second kappa shape index (κ2) is 14.1. The molecule has 0 spiro atoms. The molecule has 0 saturated carbocycles. The predicted octanol–water partition coefficient (Wildman–Crippen LogP) is 5.14. The van der Waals surface area contributed by atoms with Crippen LogP contribution in [0, 0.1) is 19.8 Å². The number of hydrogen-bond acceptors (Lipinski definition) is 9. The largest absolute Gasteiger partial charge is 0.497 e. The number of benzene rings is 2. The number of methoxy groups -OCH3 is 1. The van der Waals surface area contributed by atoms with Crippen molar-refractivity contribution in [3.8, 4) is 5.75 Å². The molecule has 0 N–H and O–H groups in total. The van der Waals surface area contributed by atoms with Crippen molar-refractivity contribution in [2.45, 2.75) is 44.5 Å². The van der Waals surface area contributed by atoms with Crippen LogP contribution in [0.15, 0.2) is 53.7 Å². The average molecular weight is 604 g/mol. The number of hydrogen-bond donors (Lipinski definition) is 0. The Hall–Kier alpha value is -3.79. The molecule has 2 aromatic carbocycles. The molecular weight excluding hydrogens is 562 g/mol. The molecule has 3 aromatic rings. The van der Waals surface area contributed by atoms with Crippen LogP contribution in [0.5, 0.6) is 5.75 Å². The minimum absolute atomic E-state index is 0.0423. The van der Waals surface area contributed by atoms with Crippen LogP contribution in [0.3, 0.4) is 0 Å². The molecular formula is C33H41N5O4S. The predicted molar refractivity (Wildman–Crippen MR) is 170 cm³/mol. The summed E-state index contributed by atoms with van der Waals surface area (Å²) in [4.78, 5) is 41.9. The monoisotopic (exact) mass is 603 g/mol. The van der Waals surface area contributed by atoms with Gasteiger partial charge in [-0.2, -0.15) is 0 Å². The van der Waals surface area contributed by atoms with Gasteiger partial charge in [0.05, 0.1) is 19.6 Å². The molecule has 2 aliphatic heterocycles. The molecule has 2 aliphatic rings.